The lowest BCUT2D eigenvalue weighted by molar-refractivity contribution is 0.0696. The molecule has 1 heterocycles. The Kier molecular flexibility index (Phi) is 4.79. The van der Waals surface area contributed by atoms with Gasteiger partial charge in [-0.15, -0.1) is 11.8 Å². The molecule has 0 spiro atoms. The van der Waals surface area contributed by atoms with Gasteiger partial charge in [-0.05, 0) is 77.5 Å². The highest BCUT2D eigenvalue weighted by molar-refractivity contribution is 7.99. The molecule has 0 bridgehead atoms. The molecule has 0 radical (unpaired) electrons. The van der Waals surface area contributed by atoms with E-state index >= 15 is 0 Å². The van der Waals surface area contributed by atoms with Gasteiger partial charge in [-0.2, -0.15) is 0 Å². The van der Waals surface area contributed by atoms with Gasteiger partial charge in [-0.25, -0.2) is 4.79 Å². The molecule has 3 rings (SSSR count). The third kappa shape index (κ3) is 3.38. The fourth-order valence-electron chi connectivity index (χ4n) is 3.47. The molecule has 2 nitrogen and oxygen atoms in total. The molecule has 0 unspecified atom stereocenters. The second-order valence-electron chi connectivity index (χ2n) is 7.23. The van der Waals surface area contributed by atoms with Gasteiger partial charge >= 0.3 is 5.97 Å². The van der Waals surface area contributed by atoms with Crippen LogP contribution in [0.4, 0.5) is 0 Å². The van der Waals surface area contributed by atoms with Gasteiger partial charge in [-0.3, -0.25) is 0 Å². The zero-order valence-electron chi connectivity index (χ0n) is 15.2. The number of thioether (sulfide) groups is 1. The highest BCUT2D eigenvalue weighted by Crippen LogP contribution is 2.43. The zero-order chi connectivity index (χ0) is 18.2. The zero-order valence-corrected chi connectivity index (χ0v) is 16.0. The molecule has 130 valence electrons. The number of carboxylic acid groups (broad SMARTS) is 1. The van der Waals surface area contributed by atoms with Crippen LogP contribution in [-0.2, 0) is 5.41 Å². The summed E-state index contributed by atoms with van der Waals surface area (Å²) in [6, 6.07) is 12.3. The van der Waals surface area contributed by atoms with E-state index in [1.807, 2.05) is 37.7 Å². The molecule has 0 aliphatic carbocycles. The van der Waals surface area contributed by atoms with Gasteiger partial charge in [0.1, 0.15) is 0 Å². The summed E-state index contributed by atoms with van der Waals surface area (Å²) in [7, 11) is 0. The standard InChI is InChI=1S/C22H24O2S/c1-5-17(15-6-8-18(21(23)24)14(2)12-15)16-7-9-20-19(13-16)22(3,4)10-11-25-20/h5-9,12-13H,10-11H2,1-4H3,(H,23,24). The van der Waals surface area contributed by atoms with Gasteiger partial charge in [0.2, 0.25) is 0 Å². The van der Waals surface area contributed by atoms with E-state index in [0.717, 1.165) is 16.7 Å². The van der Waals surface area contributed by atoms with Gasteiger partial charge in [0.15, 0.2) is 0 Å². The number of fused-ring (bicyclic) bond motifs is 1. The minimum Gasteiger partial charge on any atom is -0.478 e. The van der Waals surface area contributed by atoms with Crippen LogP contribution in [0.2, 0.25) is 0 Å². The monoisotopic (exact) mass is 352 g/mol. The Labute approximate surface area is 154 Å². The van der Waals surface area contributed by atoms with Crippen LogP contribution in [0.5, 0.6) is 0 Å². The molecule has 2 aromatic rings. The second kappa shape index (κ2) is 6.72. The first kappa shape index (κ1) is 17.8. The smallest absolute Gasteiger partial charge is 0.335 e. The van der Waals surface area contributed by atoms with Crippen molar-refractivity contribution in [3.63, 3.8) is 0 Å². The van der Waals surface area contributed by atoms with Crippen molar-refractivity contribution in [3.05, 3.63) is 70.3 Å². The summed E-state index contributed by atoms with van der Waals surface area (Å²) in [6.07, 6.45) is 3.30. The maximum Gasteiger partial charge on any atom is 0.335 e. The number of carboxylic acids is 1. The molecular weight excluding hydrogens is 328 g/mol. The van der Waals surface area contributed by atoms with E-state index < -0.39 is 5.97 Å². The van der Waals surface area contributed by atoms with E-state index in [9.17, 15) is 9.90 Å². The number of aromatic carboxylic acids is 1. The first-order chi connectivity index (χ1) is 11.8. The number of allylic oxidation sites excluding steroid dienone is 1. The Hall–Kier alpha value is -2.00. The third-order valence-corrected chi connectivity index (χ3v) is 6.14. The normalized spacial score (nSPS) is 16.4. The van der Waals surface area contributed by atoms with Crippen molar-refractivity contribution in [2.75, 3.05) is 5.75 Å². The molecule has 0 atom stereocenters. The van der Waals surface area contributed by atoms with Crippen molar-refractivity contribution in [1.82, 2.24) is 0 Å². The minimum atomic E-state index is -0.876. The summed E-state index contributed by atoms with van der Waals surface area (Å²) in [5, 5.41) is 9.24. The number of benzene rings is 2. The van der Waals surface area contributed by atoms with Crippen LogP contribution in [0.3, 0.4) is 0 Å². The topological polar surface area (TPSA) is 37.3 Å². The molecule has 0 saturated carbocycles. The molecular formula is C22H24O2S. The number of hydrogen-bond donors (Lipinski definition) is 1. The van der Waals surface area contributed by atoms with Crippen molar-refractivity contribution in [1.29, 1.82) is 0 Å². The van der Waals surface area contributed by atoms with E-state index in [-0.39, 0.29) is 5.41 Å². The fraction of sp³-hybridized carbons (Fsp3) is 0.318. The molecule has 0 saturated heterocycles. The van der Waals surface area contributed by atoms with Gasteiger partial charge in [-0.1, -0.05) is 38.1 Å². The Morgan fingerprint density at radius 2 is 1.84 bits per heavy atom. The number of carbonyl (C=O) groups is 1. The third-order valence-electron chi connectivity index (χ3n) is 5.06. The predicted octanol–water partition coefficient (Wildman–Crippen LogP) is 5.92. The Bertz CT molecular complexity index is 862. The molecule has 2 aromatic carbocycles. The molecule has 0 fully saturated rings. The highest BCUT2D eigenvalue weighted by Gasteiger charge is 2.28. The minimum absolute atomic E-state index is 0.193. The summed E-state index contributed by atoms with van der Waals surface area (Å²) < 4.78 is 0. The van der Waals surface area contributed by atoms with Crippen LogP contribution in [0.25, 0.3) is 5.57 Å². The average Bonchev–Trinajstić information content (AvgIpc) is 2.55. The maximum atomic E-state index is 11.3. The summed E-state index contributed by atoms with van der Waals surface area (Å²) in [6.45, 7) is 8.52. The summed E-state index contributed by atoms with van der Waals surface area (Å²) in [5.74, 6) is 0.296. The SMILES string of the molecule is CC=C(c1ccc(C(=O)O)c(C)c1)c1ccc2c(c1)C(C)(C)CCS2. The van der Waals surface area contributed by atoms with Crippen LogP contribution < -0.4 is 0 Å². The van der Waals surface area contributed by atoms with Crippen LogP contribution in [0.1, 0.15) is 59.8 Å². The van der Waals surface area contributed by atoms with Crippen molar-refractivity contribution < 1.29 is 9.90 Å². The van der Waals surface area contributed by atoms with Crippen molar-refractivity contribution in [2.24, 2.45) is 0 Å². The number of aryl methyl sites for hydroxylation is 1. The molecule has 0 amide bonds. The number of hydrogen-bond acceptors (Lipinski definition) is 2. The van der Waals surface area contributed by atoms with Crippen molar-refractivity contribution in [2.45, 2.75) is 44.4 Å². The quantitative estimate of drug-likeness (QED) is 0.745. The van der Waals surface area contributed by atoms with Crippen LogP contribution >= 0.6 is 11.8 Å². The van der Waals surface area contributed by atoms with Gasteiger partial charge in [0.25, 0.3) is 0 Å². The molecule has 1 aliphatic rings. The van der Waals surface area contributed by atoms with Crippen LogP contribution in [0.15, 0.2) is 47.4 Å². The van der Waals surface area contributed by atoms with Crippen LogP contribution in [-0.4, -0.2) is 16.8 Å². The van der Waals surface area contributed by atoms with Crippen molar-refractivity contribution in [3.8, 4) is 0 Å². The second-order valence-corrected chi connectivity index (χ2v) is 8.37. The van der Waals surface area contributed by atoms with E-state index in [0.29, 0.717) is 5.56 Å². The van der Waals surface area contributed by atoms with E-state index in [2.05, 4.69) is 38.1 Å². The first-order valence-corrected chi connectivity index (χ1v) is 9.60. The molecule has 1 aliphatic heterocycles. The lowest BCUT2D eigenvalue weighted by Gasteiger charge is -2.32. The lowest BCUT2D eigenvalue weighted by atomic mass is 9.80. The Morgan fingerprint density at radius 1 is 1.16 bits per heavy atom. The summed E-state index contributed by atoms with van der Waals surface area (Å²) in [5.41, 5.74) is 6.16. The van der Waals surface area contributed by atoms with E-state index in [4.69, 9.17) is 0 Å². The van der Waals surface area contributed by atoms with Crippen LogP contribution in [0, 0.1) is 6.92 Å². The highest BCUT2D eigenvalue weighted by atomic mass is 32.2. The maximum absolute atomic E-state index is 11.3. The Balaban J connectivity index is 2.06. The predicted molar refractivity (Wildman–Crippen MR) is 106 cm³/mol. The van der Waals surface area contributed by atoms with Gasteiger partial charge in [0, 0.05) is 4.90 Å². The van der Waals surface area contributed by atoms with E-state index in [1.165, 1.54) is 28.2 Å². The first-order valence-electron chi connectivity index (χ1n) is 8.62. The fourth-order valence-corrected chi connectivity index (χ4v) is 4.96. The molecule has 25 heavy (non-hydrogen) atoms. The largest absolute Gasteiger partial charge is 0.478 e. The summed E-state index contributed by atoms with van der Waals surface area (Å²) in [4.78, 5) is 12.6. The molecule has 3 heteroatoms. The summed E-state index contributed by atoms with van der Waals surface area (Å²) >= 11 is 1.94. The molecule has 0 aromatic heterocycles. The Morgan fingerprint density at radius 3 is 2.48 bits per heavy atom. The average molecular weight is 352 g/mol. The van der Waals surface area contributed by atoms with Crippen molar-refractivity contribution >= 4 is 23.3 Å². The van der Waals surface area contributed by atoms with Gasteiger partial charge in [0.05, 0.1) is 5.56 Å². The van der Waals surface area contributed by atoms with E-state index in [1.54, 1.807) is 6.07 Å². The molecule has 1 N–H and O–H groups in total. The van der Waals surface area contributed by atoms with Gasteiger partial charge < -0.3 is 5.11 Å². The lowest BCUT2D eigenvalue weighted by Crippen LogP contribution is -2.22. The number of rotatable bonds is 3.